The number of hydrogen-bond donors (Lipinski definition) is 0. The predicted octanol–water partition coefficient (Wildman–Crippen LogP) is 3.15. The van der Waals surface area contributed by atoms with Crippen LogP contribution in [0.1, 0.15) is 10.4 Å². The highest BCUT2D eigenvalue weighted by Crippen LogP contribution is 2.32. The van der Waals surface area contributed by atoms with Crippen molar-refractivity contribution in [3.8, 4) is 5.75 Å². The second-order valence-corrected chi connectivity index (χ2v) is 4.80. The smallest absolute Gasteiger partial charge is 0.342 e. The monoisotopic (exact) mass is 306 g/mol. The predicted molar refractivity (Wildman–Crippen MR) is 72.4 cm³/mol. The minimum absolute atomic E-state index is 0.247. The van der Waals surface area contributed by atoms with Gasteiger partial charge >= 0.3 is 5.97 Å². The molecule has 2 aromatic carbocycles. The lowest BCUT2D eigenvalue weighted by atomic mass is 10.1. The lowest BCUT2D eigenvalue weighted by Crippen LogP contribution is -2.23. The highest BCUT2D eigenvalue weighted by atomic mass is 79.9. The number of hydrogen-bond acceptors (Lipinski definition) is 3. The van der Waals surface area contributed by atoms with E-state index in [9.17, 15) is 4.79 Å². The molecular weight excluding hydrogens is 296 g/mol. The Balaban J connectivity index is 2.17. The van der Waals surface area contributed by atoms with Crippen molar-refractivity contribution in [3.63, 3.8) is 0 Å². The molecule has 3 rings (SSSR count). The van der Waals surface area contributed by atoms with Crippen molar-refractivity contribution < 1.29 is 14.3 Å². The molecule has 1 heterocycles. The van der Waals surface area contributed by atoms with Crippen LogP contribution in [-0.2, 0) is 4.74 Å². The van der Waals surface area contributed by atoms with E-state index in [1.54, 1.807) is 6.07 Å². The normalized spacial score (nSPS) is 18.7. The Hall–Kier alpha value is -1.55. The van der Waals surface area contributed by atoms with Crippen molar-refractivity contribution in [2.24, 2.45) is 0 Å². The van der Waals surface area contributed by atoms with E-state index >= 15 is 0 Å². The van der Waals surface area contributed by atoms with Crippen LogP contribution < -0.4 is 4.74 Å². The summed E-state index contributed by atoms with van der Waals surface area (Å²) in [5, 5.41) is 2.58. The highest BCUT2D eigenvalue weighted by molar-refractivity contribution is 9.09. The summed E-state index contributed by atoms with van der Waals surface area (Å²) < 4.78 is 11.1. The first kappa shape index (κ1) is 11.5. The zero-order chi connectivity index (χ0) is 12.5. The largest absolute Gasteiger partial charge is 0.488 e. The van der Waals surface area contributed by atoms with Gasteiger partial charge in [0.15, 0.2) is 0 Å². The average Bonchev–Trinajstić information content (AvgIpc) is 2.58. The summed E-state index contributed by atoms with van der Waals surface area (Å²) >= 11 is 3.31. The van der Waals surface area contributed by atoms with Gasteiger partial charge in [-0.15, -0.1) is 0 Å². The molecule has 3 nitrogen and oxygen atoms in total. The number of cyclic esters (lactones) is 1. The average molecular weight is 307 g/mol. The Labute approximate surface area is 113 Å². The maximum absolute atomic E-state index is 12.0. The van der Waals surface area contributed by atoms with E-state index in [0.29, 0.717) is 23.2 Å². The summed E-state index contributed by atoms with van der Waals surface area (Å²) in [6.07, 6.45) is -0.247. The first-order valence-corrected chi connectivity index (χ1v) is 6.83. The number of esters is 1. The van der Waals surface area contributed by atoms with Crippen molar-refractivity contribution in [1.29, 1.82) is 0 Å². The molecule has 0 aliphatic carbocycles. The maximum Gasteiger partial charge on any atom is 0.342 e. The quantitative estimate of drug-likeness (QED) is 0.600. The van der Waals surface area contributed by atoms with Gasteiger partial charge in [-0.1, -0.05) is 46.3 Å². The van der Waals surface area contributed by atoms with Gasteiger partial charge in [0, 0.05) is 10.7 Å². The molecule has 0 radical (unpaired) electrons. The van der Waals surface area contributed by atoms with E-state index in [-0.39, 0.29) is 12.1 Å². The Morgan fingerprint density at radius 3 is 2.89 bits per heavy atom. The number of ether oxygens (including phenoxy) is 2. The van der Waals surface area contributed by atoms with Gasteiger partial charge in [-0.05, 0) is 11.5 Å². The number of alkyl halides is 1. The Kier molecular flexibility index (Phi) is 2.96. The molecule has 0 saturated heterocycles. The molecular formula is C14H11BrO3. The van der Waals surface area contributed by atoms with E-state index in [2.05, 4.69) is 15.9 Å². The molecule has 0 aromatic heterocycles. The highest BCUT2D eigenvalue weighted by Gasteiger charge is 2.25. The van der Waals surface area contributed by atoms with Gasteiger partial charge < -0.3 is 9.47 Å². The Morgan fingerprint density at radius 2 is 2.06 bits per heavy atom. The zero-order valence-electron chi connectivity index (χ0n) is 9.56. The third-order valence-electron chi connectivity index (χ3n) is 2.96. The fraction of sp³-hybridized carbons (Fsp3) is 0.214. The number of carbonyl (C=O) groups excluding carboxylic acids is 1. The van der Waals surface area contributed by atoms with E-state index < -0.39 is 0 Å². The minimum Gasteiger partial charge on any atom is -0.488 e. The molecule has 0 fully saturated rings. The molecule has 0 spiro atoms. The second kappa shape index (κ2) is 4.61. The van der Waals surface area contributed by atoms with Crippen LogP contribution in [0, 0.1) is 0 Å². The van der Waals surface area contributed by atoms with Gasteiger partial charge in [0.05, 0.1) is 0 Å². The van der Waals surface area contributed by atoms with Crippen LogP contribution in [-0.4, -0.2) is 24.0 Å². The van der Waals surface area contributed by atoms with Crippen molar-refractivity contribution in [2.75, 3.05) is 11.9 Å². The fourth-order valence-corrected chi connectivity index (χ4v) is 2.38. The molecule has 0 saturated carbocycles. The van der Waals surface area contributed by atoms with Crippen molar-refractivity contribution >= 4 is 32.7 Å². The Morgan fingerprint density at radius 1 is 1.22 bits per heavy atom. The number of carbonyl (C=O) groups is 1. The van der Waals surface area contributed by atoms with Crippen LogP contribution in [0.5, 0.6) is 5.75 Å². The number of benzene rings is 2. The summed E-state index contributed by atoms with van der Waals surface area (Å²) in [4.78, 5) is 12.0. The fourth-order valence-electron chi connectivity index (χ4n) is 2.06. The van der Waals surface area contributed by atoms with E-state index in [4.69, 9.17) is 9.47 Å². The molecule has 2 aromatic rings. The molecule has 4 heteroatoms. The van der Waals surface area contributed by atoms with Crippen LogP contribution >= 0.6 is 15.9 Å². The minimum atomic E-state index is -0.322. The van der Waals surface area contributed by atoms with Gasteiger partial charge in [-0.3, -0.25) is 0 Å². The lowest BCUT2D eigenvalue weighted by molar-refractivity contribution is 0.0303. The summed E-state index contributed by atoms with van der Waals surface area (Å²) in [6, 6.07) is 11.5. The third-order valence-corrected chi connectivity index (χ3v) is 3.68. The zero-order valence-corrected chi connectivity index (χ0v) is 11.1. The van der Waals surface area contributed by atoms with E-state index in [0.717, 1.165) is 10.8 Å². The van der Waals surface area contributed by atoms with Crippen LogP contribution in [0.4, 0.5) is 0 Å². The maximum atomic E-state index is 12.0. The topological polar surface area (TPSA) is 35.5 Å². The van der Waals surface area contributed by atoms with Gasteiger partial charge in [0.25, 0.3) is 0 Å². The summed E-state index contributed by atoms with van der Waals surface area (Å²) in [5.41, 5.74) is 0.497. The summed E-state index contributed by atoms with van der Waals surface area (Å²) in [6.45, 7) is 0.373. The number of rotatable bonds is 1. The van der Waals surface area contributed by atoms with Crippen LogP contribution in [0.25, 0.3) is 10.8 Å². The Bertz CT molecular complexity index is 609. The first-order valence-electron chi connectivity index (χ1n) is 5.71. The molecule has 0 bridgehead atoms. The molecule has 0 amide bonds. The summed E-state index contributed by atoms with van der Waals surface area (Å²) in [7, 11) is 0. The van der Waals surface area contributed by atoms with Gasteiger partial charge in [0.1, 0.15) is 24.0 Å². The van der Waals surface area contributed by atoms with Crippen LogP contribution in [0.15, 0.2) is 36.4 Å². The molecule has 1 unspecified atom stereocenters. The van der Waals surface area contributed by atoms with Gasteiger partial charge in [-0.2, -0.15) is 0 Å². The van der Waals surface area contributed by atoms with Crippen LogP contribution in [0.2, 0.25) is 0 Å². The lowest BCUT2D eigenvalue weighted by Gasteiger charge is -2.10. The van der Waals surface area contributed by atoms with Crippen molar-refractivity contribution in [2.45, 2.75) is 6.10 Å². The van der Waals surface area contributed by atoms with Gasteiger partial charge in [-0.25, -0.2) is 4.79 Å². The molecule has 18 heavy (non-hydrogen) atoms. The number of halogens is 1. The number of fused-ring (bicyclic) bond motifs is 3. The molecule has 1 atom stereocenters. The van der Waals surface area contributed by atoms with Crippen molar-refractivity contribution in [3.05, 3.63) is 42.0 Å². The van der Waals surface area contributed by atoms with E-state index in [1.165, 1.54) is 0 Å². The van der Waals surface area contributed by atoms with Crippen LogP contribution in [0.3, 0.4) is 0 Å². The standard InChI is InChI=1S/C14H11BrO3/c15-7-10-8-17-13-11-4-2-1-3-9(11)5-6-12(13)14(16)18-10/h1-6,10H,7-8H2. The van der Waals surface area contributed by atoms with Crippen molar-refractivity contribution in [1.82, 2.24) is 0 Å². The second-order valence-electron chi connectivity index (χ2n) is 4.16. The SMILES string of the molecule is O=C1OC(CBr)COc2c1ccc1ccccc21. The molecule has 92 valence electrons. The van der Waals surface area contributed by atoms with Gasteiger partial charge in [0.2, 0.25) is 0 Å². The summed E-state index contributed by atoms with van der Waals surface area (Å²) in [5.74, 6) is 0.305. The molecule has 0 N–H and O–H groups in total. The third kappa shape index (κ3) is 1.86. The molecule has 1 aliphatic heterocycles. The van der Waals surface area contributed by atoms with E-state index in [1.807, 2.05) is 30.3 Å². The first-order chi connectivity index (χ1) is 8.79. The molecule has 1 aliphatic rings.